The van der Waals surface area contributed by atoms with Gasteiger partial charge in [0, 0.05) is 37.9 Å². The highest BCUT2D eigenvalue weighted by Crippen LogP contribution is 2.33. The number of carbonyl (C=O) groups excluding carboxylic acids is 1. The first-order valence-electron chi connectivity index (χ1n) is 11.1. The Morgan fingerprint density at radius 1 is 1.06 bits per heavy atom. The van der Waals surface area contributed by atoms with Crippen LogP contribution in [-0.4, -0.2) is 40.1 Å². The van der Waals surface area contributed by atoms with Crippen LogP contribution in [0.3, 0.4) is 0 Å². The van der Waals surface area contributed by atoms with Crippen LogP contribution in [0, 0.1) is 5.82 Å². The first-order chi connectivity index (χ1) is 16.3. The molecule has 0 radical (unpaired) electrons. The summed E-state index contributed by atoms with van der Waals surface area (Å²) in [5.74, 6) is 0.355. The molecule has 34 heavy (non-hydrogen) atoms. The molecule has 1 fully saturated rings. The molecular weight excluding hydrogens is 450 g/mol. The van der Waals surface area contributed by atoms with Gasteiger partial charge in [0.25, 0.3) is 0 Å². The molecule has 1 saturated heterocycles. The number of nitrogens with zero attached hydrogens (tertiary/aromatic N) is 3. The molecule has 1 aromatic heterocycles. The van der Waals surface area contributed by atoms with Gasteiger partial charge in [-0.1, -0.05) is 30.3 Å². The molecule has 1 aliphatic heterocycles. The third-order valence-corrected chi connectivity index (χ3v) is 6.03. The van der Waals surface area contributed by atoms with E-state index < -0.39 is 17.6 Å². The molecule has 4 rings (SSSR count). The second-order valence-electron chi connectivity index (χ2n) is 8.25. The Morgan fingerprint density at radius 2 is 1.76 bits per heavy atom. The van der Waals surface area contributed by atoms with E-state index in [1.54, 1.807) is 40.1 Å². The van der Waals surface area contributed by atoms with Crippen LogP contribution in [0.2, 0.25) is 0 Å². The minimum atomic E-state index is -4.42. The Hall–Kier alpha value is -3.36. The molecule has 0 atom stereocenters. The van der Waals surface area contributed by atoms with Crippen LogP contribution in [0.4, 0.5) is 17.6 Å². The smallest absolute Gasteiger partial charge is 0.416 e. The normalized spacial score (nSPS) is 14.9. The fourth-order valence-corrected chi connectivity index (χ4v) is 4.29. The van der Waals surface area contributed by atoms with E-state index in [0.29, 0.717) is 25.9 Å². The lowest BCUT2D eigenvalue weighted by Gasteiger charge is -2.32. The van der Waals surface area contributed by atoms with Crippen molar-refractivity contribution >= 4 is 5.91 Å². The molecule has 2 aromatic carbocycles. The summed E-state index contributed by atoms with van der Waals surface area (Å²) >= 11 is 0. The van der Waals surface area contributed by atoms with Crippen LogP contribution < -0.4 is 4.74 Å². The summed E-state index contributed by atoms with van der Waals surface area (Å²) in [6.45, 7) is 1.21. The number of piperidine rings is 1. The highest BCUT2D eigenvalue weighted by molar-refractivity contribution is 5.76. The van der Waals surface area contributed by atoms with E-state index in [4.69, 9.17) is 4.74 Å². The summed E-state index contributed by atoms with van der Waals surface area (Å²) in [7, 11) is 0. The number of alkyl halides is 3. The van der Waals surface area contributed by atoms with E-state index in [0.717, 1.165) is 11.9 Å². The third-order valence-electron chi connectivity index (χ3n) is 6.03. The number of hydrogen-bond donors (Lipinski definition) is 0. The van der Waals surface area contributed by atoms with Gasteiger partial charge in [-0.25, -0.2) is 9.37 Å². The monoisotopic (exact) mass is 475 g/mol. The van der Waals surface area contributed by atoms with Gasteiger partial charge in [-0.15, -0.1) is 0 Å². The van der Waals surface area contributed by atoms with Crippen LogP contribution in [0.15, 0.2) is 60.9 Å². The van der Waals surface area contributed by atoms with Crippen molar-refractivity contribution in [3.63, 3.8) is 0 Å². The van der Waals surface area contributed by atoms with Gasteiger partial charge in [-0.2, -0.15) is 13.2 Å². The summed E-state index contributed by atoms with van der Waals surface area (Å²) in [6, 6.07) is 11.6. The number of halogens is 4. The molecule has 0 N–H and O–H groups in total. The van der Waals surface area contributed by atoms with Gasteiger partial charge >= 0.3 is 6.18 Å². The number of likely N-dealkylation sites (tertiary alicyclic amines) is 1. The van der Waals surface area contributed by atoms with Gasteiger partial charge in [0.2, 0.25) is 5.91 Å². The maximum atomic E-state index is 13.6. The quantitative estimate of drug-likeness (QED) is 0.438. The zero-order chi connectivity index (χ0) is 24.1. The van der Waals surface area contributed by atoms with E-state index in [9.17, 15) is 22.4 Å². The maximum absolute atomic E-state index is 13.6. The first-order valence-corrected chi connectivity index (χ1v) is 11.1. The van der Waals surface area contributed by atoms with E-state index >= 15 is 0 Å². The molecule has 3 aromatic rings. The predicted octanol–water partition coefficient (Wildman–Crippen LogP) is 5.26. The summed E-state index contributed by atoms with van der Waals surface area (Å²) < 4.78 is 60.8. The molecule has 0 bridgehead atoms. The minimum absolute atomic E-state index is 0.0479. The molecule has 9 heteroatoms. The number of rotatable bonds is 7. The maximum Gasteiger partial charge on any atom is 0.416 e. The lowest BCUT2D eigenvalue weighted by atomic mass is 9.95. The van der Waals surface area contributed by atoms with Crippen molar-refractivity contribution in [2.45, 2.75) is 37.9 Å². The molecule has 0 saturated carbocycles. The number of imidazole rings is 1. The zero-order valence-corrected chi connectivity index (χ0v) is 18.5. The number of aromatic nitrogens is 2. The topological polar surface area (TPSA) is 47.4 Å². The highest BCUT2D eigenvalue weighted by atomic mass is 19.4. The van der Waals surface area contributed by atoms with Gasteiger partial charge in [-0.05, 0) is 36.6 Å². The standard InChI is InChI=1S/C25H25F4N3O2/c26-21-7-3-4-8-22(21)34-16-11-23(33)31-13-9-18(10-14-31)24-30-12-15-32(24)17-19-5-1-2-6-20(19)25(27,28)29/h1-8,12,15,18H,9-11,13-14,16-17H2. The van der Waals surface area contributed by atoms with Gasteiger partial charge < -0.3 is 14.2 Å². The van der Waals surface area contributed by atoms with Crippen LogP contribution in [0.25, 0.3) is 0 Å². The van der Waals surface area contributed by atoms with Crippen molar-refractivity contribution in [1.29, 1.82) is 0 Å². The van der Waals surface area contributed by atoms with Crippen molar-refractivity contribution < 1.29 is 27.1 Å². The Bertz CT molecular complexity index is 1120. The van der Waals surface area contributed by atoms with E-state index in [2.05, 4.69) is 4.98 Å². The average Bonchev–Trinajstić information content (AvgIpc) is 3.28. The molecule has 5 nitrogen and oxygen atoms in total. The predicted molar refractivity (Wildman–Crippen MR) is 118 cm³/mol. The number of carbonyl (C=O) groups is 1. The number of para-hydroxylation sites is 1. The van der Waals surface area contributed by atoms with Crippen LogP contribution >= 0.6 is 0 Å². The van der Waals surface area contributed by atoms with Crippen molar-refractivity contribution in [3.05, 3.63) is 83.7 Å². The number of hydrogen-bond acceptors (Lipinski definition) is 3. The zero-order valence-electron chi connectivity index (χ0n) is 18.5. The van der Waals surface area contributed by atoms with Crippen LogP contribution in [0.1, 0.15) is 42.1 Å². The van der Waals surface area contributed by atoms with Gasteiger partial charge in [0.15, 0.2) is 11.6 Å². The molecule has 2 heterocycles. The molecular formula is C25H25F4N3O2. The molecule has 1 aliphatic rings. The summed E-state index contributed by atoms with van der Waals surface area (Å²) in [5.41, 5.74) is -0.454. The van der Waals surface area contributed by atoms with Crippen molar-refractivity contribution in [1.82, 2.24) is 14.5 Å². The van der Waals surface area contributed by atoms with E-state index in [1.807, 2.05) is 0 Å². The fourth-order valence-electron chi connectivity index (χ4n) is 4.29. The summed E-state index contributed by atoms with van der Waals surface area (Å²) in [6.07, 6.45) is 0.347. The fraction of sp³-hybridized carbons (Fsp3) is 0.360. The third kappa shape index (κ3) is 5.58. The number of ether oxygens (including phenoxy) is 1. The Morgan fingerprint density at radius 3 is 2.50 bits per heavy atom. The summed E-state index contributed by atoms with van der Waals surface area (Å²) in [5, 5.41) is 0. The highest BCUT2D eigenvalue weighted by Gasteiger charge is 2.33. The van der Waals surface area contributed by atoms with Gasteiger partial charge in [0.1, 0.15) is 5.82 Å². The van der Waals surface area contributed by atoms with Crippen molar-refractivity contribution in [2.24, 2.45) is 0 Å². The second-order valence-corrected chi connectivity index (χ2v) is 8.25. The molecule has 1 amide bonds. The molecule has 0 aliphatic carbocycles. The van der Waals surface area contributed by atoms with Crippen LogP contribution in [0.5, 0.6) is 5.75 Å². The second kappa shape index (κ2) is 10.3. The largest absolute Gasteiger partial charge is 0.490 e. The van der Waals surface area contributed by atoms with Crippen molar-refractivity contribution in [2.75, 3.05) is 19.7 Å². The molecule has 180 valence electrons. The summed E-state index contributed by atoms with van der Waals surface area (Å²) in [4.78, 5) is 18.7. The lowest BCUT2D eigenvalue weighted by molar-refractivity contribution is -0.138. The van der Waals surface area contributed by atoms with E-state index in [-0.39, 0.29) is 42.7 Å². The van der Waals surface area contributed by atoms with Crippen molar-refractivity contribution in [3.8, 4) is 5.75 Å². The molecule has 0 unspecified atom stereocenters. The number of amides is 1. The lowest BCUT2D eigenvalue weighted by Crippen LogP contribution is -2.39. The Labute approximate surface area is 195 Å². The Balaban J connectivity index is 1.32. The first kappa shape index (κ1) is 23.8. The minimum Gasteiger partial charge on any atom is -0.490 e. The SMILES string of the molecule is O=C(CCOc1ccccc1F)N1CCC(c2nccn2Cc2ccccc2C(F)(F)F)CC1. The van der Waals surface area contributed by atoms with Gasteiger partial charge in [-0.3, -0.25) is 4.79 Å². The average molecular weight is 475 g/mol. The number of benzene rings is 2. The van der Waals surface area contributed by atoms with E-state index in [1.165, 1.54) is 24.3 Å². The van der Waals surface area contributed by atoms with Gasteiger partial charge in [0.05, 0.1) is 18.6 Å². The Kier molecular flexibility index (Phi) is 7.19. The van der Waals surface area contributed by atoms with Crippen LogP contribution in [-0.2, 0) is 17.5 Å². The molecule has 0 spiro atoms.